The van der Waals surface area contributed by atoms with Gasteiger partial charge in [-0.2, -0.15) is 4.98 Å². The van der Waals surface area contributed by atoms with E-state index in [4.69, 9.17) is 16.1 Å². The quantitative estimate of drug-likeness (QED) is 0.188. The molecule has 0 bridgehead atoms. The van der Waals surface area contributed by atoms with Gasteiger partial charge in [0, 0.05) is 11.9 Å². The van der Waals surface area contributed by atoms with E-state index in [2.05, 4.69) is 19.9 Å². The summed E-state index contributed by atoms with van der Waals surface area (Å²) in [4.78, 5) is 21.2. The van der Waals surface area contributed by atoms with E-state index in [1.807, 2.05) is 0 Å². The molecule has 0 atom stereocenters. The highest BCUT2D eigenvalue weighted by Crippen LogP contribution is 2.28. The summed E-state index contributed by atoms with van der Waals surface area (Å²) in [6.07, 6.45) is -3.21. The molecule has 0 fully saturated rings. The Morgan fingerprint density at radius 3 is 2.47 bits per heavy atom. The molecule has 0 aliphatic rings. The molecule has 174 valence electrons. The number of hydrogen-bond donors (Lipinski definition) is 2. The Balaban J connectivity index is 1.50. The number of carbonyl (C=O) groups excluding carboxylic acids is 1. The van der Waals surface area contributed by atoms with Gasteiger partial charge in [0.05, 0.1) is 5.56 Å². The van der Waals surface area contributed by atoms with E-state index in [1.54, 1.807) is 30.5 Å². The third-order valence-electron chi connectivity index (χ3n) is 4.63. The van der Waals surface area contributed by atoms with Gasteiger partial charge in [-0.3, -0.25) is 14.8 Å². The van der Waals surface area contributed by atoms with E-state index < -0.39 is 12.3 Å². The average molecular weight is 470 g/mol. The van der Waals surface area contributed by atoms with E-state index >= 15 is 0 Å². The fraction of sp³-hybridized carbons (Fsp3) is 0.0909. The van der Waals surface area contributed by atoms with Crippen molar-refractivity contribution in [2.45, 2.75) is 12.9 Å². The maximum absolute atomic E-state index is 12.9. The van der Waals surface area contributed by atoms with E-state index in [1.165, 1.54) is 36.4 Å². The summed E-state index contributed by atoms with van der Waals surface area (Å²) in [6.45, 7) is -0.164. The standard InChI is InChI=1S/C22H17F3N6O3/c23-22(24,25)33-15-7-4-13(5-8-15)14-6-9-17(26)16(11-14)21(32)31(27)12-19-29-20(34-30-19)18-3-1-2-10-28-18/h1-11H,12,26-27H2. The van der Waals surface area contributed by atoms with Crippen LogP contribution >= 0.6 is 0 Å². The van der Waals surface area contributed by atoms with Crippen LogP contribution in [-0.2, 0) is 6.54 Å². The molecular weight excluding hydrogens is 453 g/mol. The average Bonchev–Trinajstić information content (AvgIpc) is 3.27. The molecule has 0 saturated heterocycles. The van der Waals surface area contributed by atoms with Crippen molar-refractivity contribution in [3.05, 3.63) is 78.2 Å². The number of nitrogen functional groups attached to an aromatic ring is 1. The summed E-state index contributed by atoms with van der Waals surface area (Å²) in [5.41, 5.74) is 7.80. The molecule has 0 saturated carbocycles. The summed E-state index contributed by atoms with van der Waals surface area (Å²) < 4.78 is 46.1. The summed E-state index contributed by atoms with van der Waals surface area (Å²) >= 11 is 0. The number of aromatic nitrogens is 3. The molecule has 1 amide bonds. The number of pyridine rings is 1. The van der Waals surface area contributed by atoms with Crippen LogP contribution in [0.5, 0.6) is 5.75 Å². The van der Waals surface area contributed by atoms with Crippen LogP contribution in [0.3, 0.4) is 0 Å². The first kappa shape index (κ1) is 22.7. The van der Waals surface area contributed by atoms with Gasteiger partial charge in [-0.15, -0.1) is 13.2 Å². The predicted octanol–water partition coefficient (Wildman–Crippen LogP) is 3.80. The Morgan fingerprint density at radius 1 is 1.06 bits per heavy atom. The van der Waals surface area contributed by atoms with Crippen molar-refractivity contribution in [3.8, 4) is 28.5 Å². The number of halogens is 3. The number of ether oxygens (including phenoxy) is 1. The number of hydrogen-bond acceptors (Lipinski definition) is 8. The van der Waals surface area contributed by atoms with Crippen molar-refractivity contribution >= 4 is 11.6 Å². The van der Waals surface area contributed by atoms with Crippen molar-refractivity contribution < 1.29 is 27.2 Å². The molecule has 4 N–H and O–H groups in total. The van der Waals surface area contributed by atoms with Gasteiger partial charge in [-0.25, -0.2) is 5.84 Å². The summed E-state index contributed by atoms with van der Waals surface area (Å²) in [5.74, 6) is 5.30. The molecule has 0 aliphatic heterocycles. The molecule has 0 aliphatic carbocycles. The van der Waals surface area contributed by atoms with Crippen LogP contribution in [-0.4, -0.2) is 32.4 Å². The van der Waals surface area contributed by atoms with E-state index in [0.717, 1.165) is 5.01 Å². The molecule has 2 heterocycles. The number of nitrogens with zero attached hydrogens (tertiary/aromatic N) is 4. The van der Waals surface area contributed by atoms with Crippen LogP contribution in [0.2, 0.25) is 0 Å². The van der Waals surface area contributed by atoms with Crippen molar-refractivity contribution in [1.82, 2.24) is 20.1 Å². The van der Waals surface area contributed by atoms with Crippen molar-refractivity contribution in [2.75, 3.05) is 5.73 Å². The maximum Gasteiger partial charge on any atom is 0.573 e. The Morgan fingerprint density at radius 2 is 1.79 bits per heavy atom. The van der Waals surface area contributed by atoms with Crippen LogP contribution in [0.4, 0.5) is 18.9 Å². The van der Waals surface area contributed by atoms with Gasteiger partial charge in [0.25, 0.3) is 11.8 Å². The molecule has 34 heavy (non-hydrogen) atoms. The second kappa shape index (κ2) is 9.19. The SMILES string of the molecule is Nc1ccc(-c2ccc(OC(F)(F)F)cc2)cc1C(=O)N(N)Cc1noc(-c2ccccn2)n1. The molecule has 4 aromatic rings. The molecule has 0 spiro atoms. The number of rotatable bonds is 6. The van der Waals surface area contributed by atoms with Gasteiger partial charge in [0.15, 0.2) is 5.82 Å². The Kier molecular flexibility index (Phi) is 6.15. The lowest BCUT2D eigenvalue weighted by atomic mass is 10.0. The summed E-state index contributed by atoms with van der Waals surface area (Å²) in [6, 6.07) is 15.0. The number of nitrogens with two attached hydrogens (primary N) is 2. The third-order valence-corrected chi connectivity index (χ3v) is 4.63. The molecular formula is C22H17F3N6O3. The number of anilines is 1. The van der Waals surface area contributed by atoms with E-state index in [9.17, 15) is 18.0 Å². The van der Waals surface area contributed by atoms with Crippen LogP contribution in [0.15, 0.2) is 71.4 Å². The van der Waals surface area contributed by atoms with E-state index in [0.29, 0.717) is 16.8 Å². The third kappa shape index (κ3) is 5.30. The number of alkyl halides is 3. The zero-order valence-electron chi connectivity index (χ0n) is 17.4. The number of carbonyl (C=O) groups is 1. The maximum atomic E-state index is 12.9. The van der Waals surface area contributed by atoms with Crippen molar-refractivity contribution in [2.24, 2.45) is 5.84 Å². The smallest absolute Gasteiger partial charge is 0.406 e. The van der Waals surface area contributed by atoms with Gasteiger partial charge < -0.3 is 15.0 Å². The number of benzene rings is 2. The number of hydrazine groups is 1. The Hall–Kier alpha value is -4.45. The highest BCUT2D eigenvalue weighted by molar-refractivity contribution is 6.00. The molecule has 2 aromatic heterocycles. The lowest BCUT2D eigenvalue weighted by Gasteiger charge is -2.16. The highest BCUT2D eigenvalue weighted by Gasteiger charge is 2.31. The second-order valence-corrected chi connectivity index (χ2v) is 7.04. The second-order valence-electron chi connectivity index (χ2n) is 7.04. The first-order valence-corrected chi connectivity index (χ1v) is 9.76. The fourth-order valence-corrected chi connectivity index (χ4v) is 3.06. The minimum atomic E-state index is -4.79. The zero-order valence-corrected chi connectivity index (χ0v) is 17.4. The van der Waals surface area contributed by atoms with Gasteiger partial charge in [0.2, 0.25) is 0 Å². The molecule has 0 radical (unpaired) electrons. The number of amides is 1. The molecule has 9 nitrogen and oxygen atoms in total. The monoisotopic (exact) mass is 470 g/mol. The van der Waals surface area contributed by atoms with Gasteiger partial charge in [0.1, 0.15) is 18.0 Å². The fourth-order valence-electron chi connectivity index (χ4n) is 3.06. The topological polar surface area (TPSA) is 133 Å². The van der Waals surface area contributed by atoms with Crippen LogP contribution in [0.25, 0.3) is 22.7 Å². The summed E-state index contributed by atoms with van der Waals surface area (Å²) in [5, 5.41) is 4.68. The van der Waals surface area contributed by atoms with Crippen LogP contribution in [0.1, 0.15) is 16.2 Å². The first-order chi connectivity index (χ1) is 16.2. The van der Waals surface area contributed by atoms with Gasteiger partial charge in [-0.05, 0) is 47.5 Å². The van der Waals surface area contributed by atoms with Crippen LogP contribution in [0, 0.1) is 0 Å². The highest BCUT2D eigenvalue weighted by atomic mass is 19.4. The molecule has 4 rings (SSSR count). The molecule has 12 heteroatoms. The van der Waals surface area contributed by atoms with Gasteiger partial charge in [-0.1, -0.05) is 29.4 Å². The lowest BCUT2D eigenvalue weighted by Crippen LogP contribution is -2.37. The van der Waals surface area contributed by atoms with Crippen LogP contribution < -0.4 is 16.3 Å². The molecule has 0 unspecified atom stereocenters. The Labute approximate surface area is 190 Å². The summed E-state index contributed by atoms with van der Waals surface area (Å²) in [7, 11) is 0. The minimum Gasteiger partial charge on any atom is -0.406 e. The lowest BCUT2D eigenvalue weighted by molar-refractivity contribution is -0.274. The van der Waals surface area contributed by atoms with Gasteiger partial charge >= 0.3 is 6.36 Å². The van der Waals surface area contributed by atoms with Crippen molar-refractivity contribution in [1.29, 1.82) is 0 Å². The first-order valence-electron chi connectivity index (χ1n) is 9.76. The Bertz CT molecular complexity index is 1290. The van der Waals surface area contributed by atoms with Crippen molar-refractivity contribution in [3.63, 3.8) is 0 Å². The minimum absolute atomic E-state index is 0.101. The van der Waals surface area contributed by atoms with E-state index in [-0.39, 0.29) is 35.3 Å². The largest absolute Gasteiger partial charge is 0.573 e. The molecule has 2 aromatic carbocycles. The zero-order chi connectivity index (χ0) is 24.3. The predicted molar refractivity (Wildman–Crippen MR) is 115 cm³/mol. The normalized spacial score (nSPS) is 11.3.